The molecule has 0 aliphatic heterocycles. The molecule has 0 saturated heterocycles. The lowest BCUT2D eigenvalue weighted by Crippen LogP contribution is -2.43. The molecule has 1 aromatic heterocycles. The lowest BCUT2D eigenvalue weighted by molar-refractivity contribution is -0.145. The van der Waals surface area contributed by atoms with Gasteiger partial charge in [-0.3, -0.25) is 9.97 Å². The number of aryl methyl sites for hydroxylation is 1. The van der Waals surface area contributed by atoms with E-state index < -0.39 is 17.3 Å². The monoisotopic (exact) mass is 289 g/mol. The summed E-state index contributed by atoms with van der Waals surface area (Å²) >= 11 is 0. The van der Waals surface area contributed by atoms with Crippen LogP contribution >= 0.6 is 0 Å². The standard InChI is InChI=1S/C15H16FN3O2/c1-10-13(18-8-7-17-10)15(2,14(20)21-3)19-12-6-4-5-11(16)9-12/h4-9,19H,1-3H3. The molecular weight excluding hydrogens is 273 g/mol. The van der Waals surface area contributed by atoms with Gasteiger partial charge in [-0.2, -0.15) is 0 Å². The van der Waals surface area contributed by atoms with Gasteiger partial charge in [0.25, 0.3) is 0 Å². The quantitative estimate of drug-likeness (QED) is 0.876. The molecule has 0 radical (unpaired) electrons. The smallest absolute Gasteiger partial charge is 0.337 e. The summed E-state index contributed by atoms with van der Waals surface area (Å²) in [6.07, 6.45) is 3.04. The number of aromatic nitrogens is 2. The van der Waals surface area contributed by atoms with Crippen LogP contribution in [0.15, 0.2) is 36.7 Å². The molecule has 0 spiro atoms. The number of benzene rings is 1. The first-order valence-corrected chi connectivity index (χ1v) is 6.37. The number of anilines is 1. The molecule has 1 heterocycles. The van der Waals surface area contributed by atoms with E-state index in [1.165, 1.54) is 25.4 Å². The molecule has 2 rings (SSSR count). The summed E-state index contributed by atoms with van der Waals surface area (Å²) < 4.78 is 18.2. The molecule has 6 heteroatoms. The van der Waals surface area contributed by atoms with E-state index >= 15 is 0 Å². The van der Waals surface area contributed by atoms with Gasteiger partial charge in [0.05, 0.1) is 18.5 Å². The number of ether oxygens (including phenoxy) is 1. The van der Waals surface area contributed by atoms with Crippen LogP contribution in [0.2, 0.25) is 0 Å². The van der Waals surface area contributed by atoms with Crippen LogP contribution in [0.3, 0.4) is 0 Å². The summed E-state index contributed by atoms with van der Waals surface area (Å²) in [5.74, 6) is -0.932. The number of nitrogens with one attached hydrogen (secondary N) is 1. The topological polar surface area (TPSA) is 64.1 Å². The SMILES string of the molecule is COC(=O)C(C)(Nc1cccc(F)c1)c1nccnc1C. The number of hydrogen-bond donors (Lipinski definition) is 1. The van der Waals surface area contributed by atoms with E-state index in [1.54, 1.807) is 32.2 Å². The van der Waals surface area contributed by atoms with Crippen LogP contribution in [-0.2, 0) is 15.1 Å². The van der Waals surface area contributed by atoms with Gasteiger partial charge in [-0.05, 0) is 32.0 Å². The molecule has 21 heavy (non-hydrogen) atoms. The fourth-order valence-electron chi connectivity index (χ4n) is 2.16. The van der Waals surface area contributed by atoms with Crippen LogP contribution in [0.5, 0.6) is 0 Å². The Morgan fingerprint density at radius 1 is 1.33 bits per heavy atom. The van der Waals surface area contributed by atoms with Crippen LogP contribution in [0, 0.1) is 12.7 Å². The van der Waals surface area contributed by atoms with Gasteiger partial charge in [0.1, 0.15) is 5.82 Å². The molecule has 1 unspecified atom stereocenters. The summed E-state index contributed by atoms with van der Waals surface area (Å²) in [6.45, 7) is 3.37. The minimum Gasteiger partial charge on any atom is -0.467 e. The molecule has 110 valence electrons. The largest absolute Gasteiger partial charge is 0.467 e. The zero-order valence-corrected chi connectivity index (χ0v) is 12.1. The third-order valence-corrected chi connectivity index (χ3v) is 3.17. The van der Waals surface area contributed by atoms with Crippen molar-refractivity contribution in [3.63, 3.8) is 0 Å². The molecule has 1 atom stereocenters. The number of halogens is 1. The predicted octanol–water partition coefficient (Wildman–Crippen LogP) is 2.42. The number of nitrogens with zero attached hydrogens (tertiary/aromatic N) is 2. The van der Waals surface area contributed by atoms with E-state index in [0.29, 0.717) is 17.1 Å². The molecule has 0 amide bonds. The maximum atomic E-state index is 13.3. The average Bonchev–Trinajstić information content (AvgIpc) is 2.46. The van der Waals surface area contributed by atoms with Crippen molar-refractivity contribution in [1.29, 1.82) is 0 Å². The summed E-state index contributed by atoms with van der Waals surface area (Å²) in [4.78, 5) is 20.6. The van der Waals surface area contributed by atoms with Crippen molar-refractivity contribution >= 4 is 11.7 Å². The number of hydrogen-bond acceptors (Lipinski definition) is 5. The molecule has 0 bridgehead atoms. The highest BCUT2D eigenvalue weighted by Crippen LogP contribution is 2.27. The summed E-state index contributed by atoms with van der Waals surface area (Å²) in [7, 11) is 1.29. The van der Waals surface area contributed by atoms with Gasteiger partial charge in [0.2, 0.25) is 0 Å². The number of methoxy groups -OCH3 is 1. The van der Waals surface area contributed by atoms with Gasteiger partial charge in [-0.25, -0.2) is 9.18 Å². The zero-order valence-electron chi connectivity index (χ0n) is 12.1. The van der Waals surface area contributed by atoms with E-state index in [0.717, 1.165) is 0 Å². The van der Waals surface area contributed by atoms with E-state index in [9.17, 15) is 9.18 Å². The van der Waals surface area contributed by atoms with Crippen LogP contribution in [-0.4, -0.2) is 23.0 Å². The molecule has 0 aliphatic rings. The molecule has 0 aliphatic carbocycles. The van der Waals surface area contributed by atoms with Crippen LogP contribution < -0.4 is 5.32 Å². The highest BCUT2D eigenvalue weighted by molar-refractivity contribution is 5.85. The lowest BCUT2D eigenvalue weighted by atomic mass is 9.95. The highest BCUT2D eigenvalue weighted by Gasteiger charge is 2.39. The molecular formula is C15H16FN3O2. The third kappa shape index (κ3) is 2.99. The van der Waals surface area contributed by atoms with E-state index in [4.69, 9.17) is 4.74 Å². The fourth-order valence-corrected chi connectivity index (χ4v) is 2.16. The van der Waals surface area contributed by atoms with Gasteiger partial charge in [-0.1, -0.05) is 6.07 Å². The van der Waals surface area contributed by atoms with Crippen molar-refractivity contribution in [3.05, 3.63) is 53.9 Å². The first kappa shape index (κ1) is 14.9. The minimum atomic E-state index is -1.26. The molecule has 0 fully saturated rings. The number of esters is 1. The van der Waals surface area contributed by atoms with Gasteiger partial charge < -0.3 is 10.1 Å². The van der Waals surface area contributed by atoms with E-state index in [2.05, 4.69) is 15.3 Å². The maximum Gasteiger partial charge on any atom is 0.337 e. The Kier molecular flexibility index (Phi) is 4.16. The van der Waals surface area contributed by atoms with Crippen molar-refractivity contribution < 1.29 is 13.9 Å². The Balaban J connectivity index is 2.48. The van der Waals surface area contributed by atoms with Crippen molar-refractivity contribution in [1.82, 2.24) is 9.97 Å². The second kappa shape index (κ2) is 5.87. The Morgan fingerprint density at radius 3 is 2.67 bits per heavy atom. The highest BCUT2D eigenvalue weighted by atomic mass is 19.1. The molecule has 1 aromatic carbocycles. The summed E-state index contributed by atoms with van der Waals surface area (Å²) in [5, 5.41) is 2.99. The van der Waals surface area contributed by atoms with E-state index in [-0.39, 0.29) is 0 Å². The van der Waals surface area contributed by atoms with E-state index in [1.807, 2.05) is 0 Å². The third-order valence-electron chi connectivity index (χ3n) is 3.17. The van der Waals surface area contributed by atoms with Crippen molar-refractivity contribution in [3.8, 4) is 0 Å². The van der Waals surface area contributed by atoms with Crippen LogP contribution in [0.25, 0.3) is 0 Å². The van der Waals surface area contributed by atoms with Crippen molar-refractivity contribution in [2.75, 3.05) is 12.4 Å². The number of carbonyl (C=O) groups excluding carboxylic acids is 1. The fraction of sp³-hybridized carbons (Fsp3) is 0.267. The second-order valence-corrected chi connectivity index (χ2v) is 4.74. The first-order chi connectivity index (χ1) is 9.97. The molecule has 5 nitrogen and oxygen atoms in total. The minimum absolute atomic E-state index is 0.400. The Labute approximate surface area is 122 Å². The molecule has 2 aromatic rings. The molecule has 0 saturated carbocycles. The van der Waals surface area contributed by atoms with Gasteiger partial charge in [0.15, 0.2) is 5.54 Å². The Hall–Kier alpha value is -2.50. The summed E-state index contributed by atoms with van der Waals surface area (Å²) in [5.41, 5.74) is 0.212. The van der Waals surface area contributed by atoms with Gasteiger partial charge >= 0.3 is 5.97 Å². The van der Waals surface area contributed by atoms with Crippen LogP contribution in [0.1, 0.15) is 18.3 Å². The first-order valence-electron chi connectivity index (χ1n) is 6.37. The predicted molar refractivity (Wildman–Crippen MR) is 76.2 cm³/mol. The Morgan fingerprint density at radius 2 is 2.05 bits per heavy atom. The molecule has 1 N–H and O–H groups in total. The second-order valence-electron chi connectivity index (χ2n) is 4.74. The number of rotatable bonds is 4. The zero-order chi connectivity index (χ0) is 15.5. The van der Waals surface area contributed by atoms with Crippen LogP contribution in [0.4, 0.5) is 10.1 Å². The maximum absolute atomic E-state index is 13.3. The Bertz CT molecular complexity index is 663. The lowest BCUT2D eigenvalue weighted by Gasteiger charge is -2.29. The number of carbonyl (C=O) groups is 1. The average molecular weight is 289 g/mol. The van der Waals surface area contributed by atoms with Gasteiger partial charge in [0, 0.05) is 18.1 Å². The van der Waals surface area contributed by atoms with Crippen molar-refractivity contribution in [2.24, 2.45) is 0 Å². The normalized spacial score (nSPS) is 13.3. The van der Waals surface area contributed by atoms with Gasteiger partial charge in [-0.15, -0.1) is 0 Å². The van der Waals surface area contributed by atoms with Crippen molar-refractivity contribution in [2.45, 2.75) is 19.4 Å². The summed E-state index contributed by atoms with van der Waals surface area (Å²) in [6, 6.07) is 5.84.